The minimum Gasteiger partial charge on any atom is -0.322 e. The van der Waals surface area contributed by atoms with E-state index in [0.717, 1.165) is 6.42 Å². The largest absolute Gasteiger partial charge is 0.322 e. The second-order valence-corrected chi connectivity index (χ2v) is 3.90. The third-order valence-electron chi connectivity index (χ3n) is 2.35. The van der Waals surface area contributed by atoms with Gasteiger partial charge in [0.1, 0.15) is 5.82 Å². The van der Waals surface area contributed by atoms with Gasteiger partial charge in [0.25, 0.3) is 0 Å². The van der Waals surface area contributed by atoms with Crippen LogP contribution in [0.25, 0.3) is 0 Å². The first-order chi connectivity index (χ1) is 8.67. The first kappa shape index (κ1) is 14.1. The van der Waals surface area contributed by atoms with Gasteiger partial charge in [0.2, 0.25) is 5.91 Å². The summed E-state index contributed by atoms with van der Waals surface area (Å²) in [4.78, 5) is 13.4. The van der Waals surface area contributed by atoms with Gasteiger partial charge in [-0.2, -0.15) is 5.26 Å². The van der Waals surface area contributed by atoms with E-state index in [1.807, 2.05) is 13.0 Å². The Kier molecular flexibility index (Phi) is 5.81. The number of benzene rings is 1. The van der Waals surface area contributed by atoms with Crippen LogP contribution in [0.3, 0.4) is 0 Å². The van der Waals surface area contributed by atoms with E-state index in [9.17, 15) is 9.18 Å². The van der Waals surface area contributed by atoms with Crippen molar-refractivity contribution in [2.75, 3.05) is 25.0 Å². The van der Waals surface area contributed by atoms with Crippen LogP contribution in [-0.2, 0) is 4.79 Å². The number of nitrogens with one attached hydrogen (secondary N) is 1. The van der Waals surface area contributed by atoms with Crippen molar-refractivity contribution in [1.29, 1.82) is 5.26 Å². The highest BCUT2D eigenvalue weighted by atomic mass is 19.1. The maximum atomic E-state index is 13.3. The highest BCUT2D eigenvalue weighted by molar-refractivity contribution is 5.92. The number of halogens is 1. The van der Waals surface area contributed by atoms with Crippen molar-refractivity contribution < 1.29 is 9.18 Å². The highest BCUT2D eigenvalue weighted by Gasteiger charge is 2.11. The second-order valence-electron chi connectivity index (χ2n) is 3.90. The van der Waals surface area contributed by atoms with E-state index >= 15 is 0 Å². The molecule has 0 aliphatic heterocycles. The standard InChI is InChI=1S/C13H16FN3O/c1-2-8-17(9-7-15)10-13(18)16-12-6-4-3-5-11(12)14/h3-6H,2,8-10H2,1H3,(H,16,18). The van der Waals surface area contributed by atoms with Crippen molar-refractivity contribution in [1.82, 2.24) is 4.90 Å². The fraction of sp³-hybridized carbons (Fsp3) is 0.385. The lowest BCUT2D eigenvalue weighted by molar-refractivity contribution is -0.117. The Balaban J connectivity index is 2.55. The minimum atomic E-state index is -0.465. The Morgan fingerprint density at radius 3 is 2.83 bits per heavy atom. The summed E-state index contributed by atoms with van der Waals surface area (Å²) in [5.41, 5.74) is 0.163. The molecule has 18 heavy (non-hydrogen) atoms. The maximum absolute atomic E-state index is 13.3. The smallest absolute Gasteiger partial charge is 0.238 e. The SMILES string of the molecule is CCCN(CC#N)CC(=O)Nc1ccccc1F. The van der Waals surface area contributed by atoms with Crippen LogP contribution in [0.15, 0.2) is 24.3 Å². The molecule has 0 radical (unpaired) electrons. The molecule has 0 bridgehead atoms. The Bertz CT molecular complexity index is 442. The van der Waals surface area contributed by atoms with Gasteiger partial charge in [-0.25, -0.2) is 4.39 Å². The fourth-order valence-corrected chi connectivity index (χ4v) is 1.59. The van der Waals surface area contributed by atoms with Gasteiger partial charge in [-0.15, -0.1) is 0 Å². The number of rotatable bonds is 6. The van der Waals surface area contributed by atoms with Gasteiger partial charge >= 0.3 is 0 Å². The van der Waals surface area contributed by atoms with Gasteiger partial charge in [-0.05, 0) is 25.1 Å². The first-order valence-electron chi connectivity index (χ1n) is 5.81. The molecule has 96 valence electrons. The molecule has 0 atom stereocenters. The molecular weight excluding hydrogens is 233 g/mol. The summed E-state index contributed by atoms with van der Waals surface area (Å²) in [5.74, 6) is -0.781. The molecule has 4 nitrogen and oxygen atoms in total. The molecule has 0 aromatic heterocycles. The molecule has 0 unspecified atom stereocenters. The van der Waals surface area contributed by atoms with Crippen LogP contribution in [-0.4, -0.2) is 30.4 Å². The van der Waals surface area contributed by atoms with Gasteiger partial charge in [-0.1, -0.05) is 19.1 Å². The molecule has 0 saturated heterocycles. The number of amides is 1. The summed E-state index contributed by atoms with van der Waals surface area (Å²) in [6, 6.07) is 8.00. The number of para-hydroxylation sites is 1. The van der Waals surface area contributed by atoms with Crippen LogP contribution < -0.4 is 5.32 Å². The molecule has 1 amide bonds. The van der Waals surface area contributed by atoms with E-state index in [0.29, 0.717) is 6.54 Å². The average molecular weight is 249 g/mol. The molecule has 0 heterocycles. The van der Waals surface area contributed by atoms with Crippen LogP contribution in [0.4, 0.5) is 10.1 Å². The number of anilines is 1. The molecule has 0 aliphatic rings. The lowest BCUT2D eigenvalue weighted by Crippen LogP contribution is -2.34. The summed E-state index contributed by atoms with van der Waals surface area (Å²) in [7, 11) is 0. The molecule has 1 N–H and O–H groups in total. The number of hydrogen-bond donors (Lipinski definition) is 1. The number of nitriles is 1. The molecule has 1 rings (SSSR count). The predicted octanol–water partition coefficient (Wildman–Crippen LogP) is 2.00. The highest BCUT2D eigenvalue weighted by Crippen LogP contribution is 2.12. The molecule has 1 aromatic carbocycles. The van der Waals surface area contributed by atoms with E-state index in [1.165, 1.54) is 12.1 Å². The van der Waals surface area contributed by atoms with Crippen LogP contribution in [0.1, 0.15) is 13.3 Å². The first-order valence-corrected chi connectivity index (χ1v) is 5.81. The van der Waals surface area contributed by atoms with Crippen molar-refractivity contribution in [2.24, 2.45) is 0 Å². The van der Waals surface area contributed by atoms with Gasteiger partial charge in [-0.3, -0.25) is 9.69 Å². The number of nitrogens with zero attached hydrogens (tertiary/aromatic N) is 2. The molecule has 0 aliphatic carbocycles. The average Bonchev–Trinajstić information content (AvgIpc) is 2.33. The molecule has 0 saturated carbocycles. The number of carbonyl (C=O) groups is 1. The Hall–Kier alpha value is -1.93. The summed E-state index contributed by atoms with van der Waals surface area (Å²) >= 11 is 0. The third-order valence-corrected chi connectivity index (χ3v) is 2.35. The van der Waals surface area contributed by atoms with Crippen LogP contribution in [0, 0.1) is 17.1 Å². The van der Waals surface area contributed by atoms with Gasteiger partial charge in [0, 0.05) is 0 Å². The second kappa shape index (κ2) is 7.41. The van der Waals surface area contributed by atoms with Gasteiger partial charge < -0.3 is 5.32 Å². The lowest BCUT2D eigenvalue weighted by atomic mass is 10.3. The van der Waals surface area contributed by atoms with Crippen molar-refractivity contribution in [2.45, 2.75) is 13.3 Å². The van der Waals surface area contributed by atoms with Crippen LogP contribution >= 0.6 is 0 Å². The topological polar surface area (TPSA) is 56.1 Å². The van der Waals surface area contributed by atoms with E-state index in [2.05, 4.69) is 5.32 Å². The number of carbonyl (C=O) groups excluding carboxylic acids is 1. The summed E-state index contributed by atoms with van der Waals surface area (Å²) in [6.45, 7) is 2.92. The van der Waals surface area contributed by atoms with Gasteiger partial charge in [0.05, 0.1) is 24.8 Å². The summed E-state index contributed by atoms with van der Waals surface area (Å²) < 4.78 is 13.3. The van der Waals surface area contributed by atoms with E-state index in [-0.39, 0.29) is 24.7 Å². The van der Waals surface area contributed by atoms with E-state index in [4.69, 9.17) is 5.26 Å². The zero-order chi connectivity index (χ0) is 13.4. The van der Waals surface area contributed by atoms with Crippen LogP contribution in [0.5, 0.6) is 0 Å². The summed E-state index contributed by atoms with van der Waals surface area (Å²) in [6.07, 6.45) is 0.856. The molecule has 1 aromatic rings. The summed E-state index contributed by atoms with van der Waals surface area (Å²) in [5, 5.41) is 11.1. The molecule has 0 fully saturated rings. The Labute approximate surface area is 106 Å². The minimum absolute atomic E-state index is 0.0930. The van der Waals surface area contributed by atoms with Crippen molar-refractivity contribution >= 4 is 11.6 Å². The third kappa shape index (κ3) is 4.52. The quantitative estimate of drug-likeness (QED) is 0.784. The lowest BCUT2D eigenvalue weighted by Gasteiger charge is -2.17. The molecule has 5 heteroatoms. The van der Waals surface area contributed by atoms with Crippen molar-refractivity contribution in [3.05, 3.63) is 30.1 Å². The Morgan fingerprint density at radius 1 is 1.50 bits per heavy atom. The molecule has 0 spiro atoms. The normalized spacial score (nSPS) is 10.1. The Morgan fingerprint density at radius 2 is 2.22 bits per heavy atom. The number of hydrogen-bond acceptors (Lipinski definition) is 3. The predicted molar refractivity (Wildman–Crippen MR) is 67.4 cm³/mol. The van der Waals surface area contributed by atoms with E-state index in [1.54, 1.807) is 17.0 Å². The van der Waals surface area contributed by atoms with Crippen LogP contribution in [0.2, 0.25) is 0 Å². The fourth-order valence-electron chi connectivity index (χ4n) is 1.59. The van der Waals surface area contributed by atoms with Crippen molar-refractivity contribution in [3.63, 3.8) is 0 Å². The van der Waals surface area contributed by atoms with Crippen molar-refractivity contribution in [3.8, 4) is 6.07 Å². The monoisotopic (exact) mass is 249 g/mol. The maximum Gasteiger partial charge on any atom is 0.238 e. The molecular formula is C13H16FN3O. The zero-order valence-corrected chi connectivity index (χ0v) is 10.3. The van der Waals surface area contributed by atoms with E-state index < -0.39 is 5.82 Å². The van der Waals surface area contributed by atoms with Gasteiger partial charge in [0.15, 0.2) is 0 Å². The zero-order valence-electron chi connectivity index (χ0n) is 10.3.